The second-order valence-corrected chi connectivity index (χ2v) is 7.71. The van der Waals surface area contributed by atoms with Crippen LogP contribution in [0, 0.1) is 5.92 Å². The number of rotatable bonds is 5. The van der Waals surface area contributed by atoms with Gasteiger partial charge in [0.2, 0.25) is 0 Å². The van der Waals surface area contributed by atoms with E-state index in [1.807, 2.05) is 19.3 Å². The van der Waals surface area contributed by atoms with Crippen LogP contribution in [0.3, 0.4) is 0 Å². The van der Waals surface area contributed by atoms with E-state index in [1.165, 1.54) is 23.7 Å². The highest BCUT2D eigenvalue weighted by Gasteiger charge is 2.24. The van der Waals surface area contributed by atoms with Crippen molar-refractivity contribution in [1.82, 2.24) is 4.57 Å². The maximum absolute atomic E-state index is 11.4. The van der Waals surface area contributed by atoms with E-state index in [9.17, 15) is 4.79 Å². The fourth-order valence-electron chi connectivity index (χ4n) is 3.92. The van der Waals surface area contributed by atoms with Gasteiger partial charge in [0.05, 0.1) is 24.1 Å². The van der Waals surface area contributed by atoms with Gasteiger partial charge in [0.1, 0.15) is 24.3 Å². The Morgan fingerprint density at radius 3 is 2.89 bits per heavy atom. The number of aromatic nitrogens is 1. The Labute approximate surface area is 164 Å². The van der Waals surface area contributed by atoms with Crippen molar-refractivity contribution in [3.8, 4) is 5.75 Å². The summed E-state index contributed by atoms with van der Waals surface area (Å²) in [7, 11) is 2.03. The van der Waals surface area contributed by atoms with Crippen molar-refractivity contribution in [1.29, 1.82) is 0 Å². The minimum Gasteiger partial charge on any atom is -0.489 e. The summed E-state index contributed by atoms with van der Waals surface area (Å²) in [5, 5.41) is 1.23. The summed E-state index contributed by atoms with van der Waals surface area (Å²) in [5.41, 5.74) is 4.64. The zero-order chi connectivity index (χ0) is 19.1. The lowest BCUT2D eigenvalue weighted by Gasteiger charge is -2.29. The van der Waals surface area contributed by atoms with Gasteiger partial charge in [-0.3, -0.25) is 9.79 Å². The van der Waals surface area contributed by atoms with E-state index < -0.39 is 0 Å². The van der Waals surface area contributed by atoms with E-state index in [1.54, 1.807) is 6.07 Å². The van der Waals surface area contributed by atoms with Crippen LogP contribution in [0.25, 0.3) is 10.9 Å². The minimum absolute atomic E-state index is 0.583. The number of fused-ring (bicyclic) bond motifs is 2. The molecule has 5 rings (SSSR count). The molecule has 28 heavy (non-hydrogen) atoms. The summed E-state index contributed by atoms with van der Waals surface area (Å²) >= 11 is 0. The SMILES string of the molecule is CN1CCOc2cc(C=O)cc(N=Cc3cc4ccccc4n3CC3CC3)c21. The molecule has 5 nitrogen and oxygen atoms in total. The van der Waals surface area contributed by atoms with Crippen LogP contribution in [-0.2, 0) is 6.54 Å². The standard InChI is InChI=1S/C23H23N3O2/c1-25-8-9-28-22-11-17(15-27)10-20(23(22)25)24-13-19-12-18-4-2-3-5-21(18)26(19)14-16-6-7-16/h2-5,10-13,15-16H,6-9,14H2,1H3. The Morgan fingerprint density at radius 1 is 1.21 bits per heavy atom. The smallest absolute Gasteiger partial charge is 0.150 e. The van der Waals surface area contributed by atoms with Gasteiger partial charge in [-0.15, -0.1) is 0 Å². The fourth-order valence-corrected chi connectivity index (χ4v) is 3.92. The Morgan fingerprint density at radius 2 is 2.07 bits per heavy atom. The molecule has 2 heterocycles. The van der Waals surface area contributed by atoms with Crippen LogP contribution in [0.2, 0.25) is 0 Å². The van der Waals surface area contributed by atoms with E-state index >= 15 is 0 Å². The summed E-state index contributed by atoms with van der Waals surface area (Å²) in [5.74, 6) is 1.50. The predicted molar refractivity (Wildman–Crippen MR) is 113 cm³/mol. The van der Waals surface area contributed by atoms with Crippen molar-refractivity contribution < 1.29 is 9.53 Å². The zero-order valence-corrected chi connectivity index (χ0v) is 16.0. The summed E-state index contributed by atoms with van der Waals surface area (Å²) in [6.45, 7) is 2.45. The van der Waals surface area contributed by atoms with Crippen LogP contribution >= 0.6 is 0 Å². The van der Waals surface area contributed by atoms with Crippen LogP contribution in [0.4, 0.5) is 11.4 Å². The highest BCUT2D eigenvalue weighted by molar-refractivity contribution is 5.93. The average Bonchev–Trinajstić information content (AvgIpc) is 3.47. The molecule has 2 aromatic carbocycles. The number of hydrogen-bond acceptors (Lipinski definition) is 4. The first-order valence-electron chi connectivity index (χ1n) is 9.82. The van der Waals surface area contributed by atoms with Gasteiger partial charge in [-0.05, 0) is 43.0 Å². The number of aliphatic imine (C=N–C) groups is 1. The Kier molecular flexibility index (Phi) is 4.15. The molecule has 0 saturated heterocycles. The Hall–Kier alpha value is -3.08. The molecule has 0 bridgehead atoms. The zero-order valence-electron chi connectivity index (χ0n) is 16.0. The maximum Gasteiger partial charge on any atom is 0.150 e. The van der Waals surface area contributed by atoms with Crippen molar-refractivity contribution >= 4 is 34.8 Å². The van der Waals surface area contributed by atoms with Gasteiger partial charge in [-0.2, -0.15) is 0 Å². The summed E-state index contributed by atoms with van der Waals surface area (Å²) < 4.78 is 8.15. The summed E-state index contributed by atoms with van der Waals surface area (Å²) in [4.78, 5) is 18.3. The van der Waals surface area contributed by atoms with Gasteiger partial charge in [0, 0.05) is 30.1 Å². The van der Waals surface area contributed by atoms with Gasteiger partial charge in [-0.1, -0.05) is 18.2 Å². The summed E-state index contributed by atoms with van der Waals surface area (Å²) in [6.07, 6.45) is 5.39. The lowest BCUT2D eigenvalue weighted by atomic mass is 10.1. The van der Waals surface area contributed by atoms with Crippen LogP contribution in [0.5, 0.6) is 5.75 Å². The van der Waals surface area contributed by atoms with Crippen molar-refractivity contribution in [3.63, 3.8) is 0 Å². The highest BCUT2D eigenvalue weighted by Crippen LogP contribution is 2.40. The molecule has 0 atom stereocenters. The molecule has 3 aromatic rings. The number of anilines is 1. The number of carbonyl (C=O) groups is 1. The third kappa shape index (κ3) is 3.07. The van der Waals surface area contributed by atoms with Crippen LogP contribution in [0.1, 0.15) is 28.9 Å². The molecule has 0 spiro atoms. The van der Waals surface area contributed by atoms with Gasteiger partial charge >= 0.3 is 0 Å². The first-order valence-corrected chi connectivity index (χ1v) is 9.82. The molecule has 1 aliphatic carbocycles. The first-order chi connectivity index (χ1) is 13.7. The molecule has 142 valence electrons. The van der Waals surface area contributed by atoms with Gasteiger partial charge in [0.15, 0.2) is 0 Å². The second-order valence-electron chi connectivity index (χ2n) is 7.71. The number of aldehydes is 1. The van der Waals surface area contributed by atoms with Crippen molar-refractivity contribution in [2.45, 2.75) is 19.4 Å². The lowest BCUT2D eigenvalue weighted by Crippen LogP contribution is -2.29. The molecular weight excluding hydrogens is 350 g/mol. The van der Waals surface area contributed by atoms with Crippen LogP contribution < -0.4 is 9.64 Å². The van der Waals surface area contributed by atoms with Gasteiger partial charge in [0.25, 0.3) is 0 Å². The second kappa shape index (κ2) is 6.82. The number of carbonyl (C=O) groups excluding carboxylic acids is 1. The van der Waals surface area contributed by atoms with Crippen molar-refractivity contribution in [2.24, 2.45) is 10.9 Å². The maximum atomic E-state index is 11.4. The quantitative estimate of drug-likeness (QED) is 0.491. The molecule has 2 aliphatic rings. The van der Waals surface area contributed by atoms with Crippen LogP contribution in [-0.4, -0.2) is 37.3 Å². The Bertz CT molecular complexity index is 1080. The molecule has 1 aromatic heterocycles. The largest absolute Gasteiger partial charge is 0.489 e. The van der Waals surface area contributed by atoms with E-state index in [0.29, 0.717) is 12.2 Å². The fraction of sp³-hybridized carbons (Fsp3) is 0.304. The highest BCUT2D eigenvalue weighted by atomic mass is 16.5. The number of benzene rings is 2. The number of hydrogen-bond donors (Lipinski definition) is 0. The molecule has 0 N–H and O–H groups in total. The number of ether oxygens (including phenoxy) is 1. The van der Waals surface area contributed by atoms with Gasteiger partial charge in [-0.25, -0.2) is 0 Å². The van der Waals surface area contributed by atoms with E-state index in [-0.39, 0.29) is 0 Å². The van der Waals surface area contributed by atoms with Gasteiger partial charge < -0.3 is 14.2 Å². The molecule has 1 aliphatic heterocycles. The lowest BCUT2D eigenvalue weighted by molar-refractivity contribution is 0.112. The van der Waals surface area contributed by atoms with Crippen molar-refractivity contribution in [3.05, 3.63) is 53.7 Å². The number of para-hydroxylation sites is 1. The third-order valence-corrected chi connectivity index (χ3v) is 5.60. The van der Waals surface area contributed by atoms with E-state index in [4.69, 9.17) is 9.73 Å². The topological polar surface area (TPSA) is 46.8 Å². The molecule has 0 unspecified atom stereocenters. The Balaban J connectivity index is 1.59. The van der Waals surface area contributed by atoms with E-state index in [0.717, 1.165) is 48.1 Å². The minimum atomic E-state index is 0.583. The molecule has 0 amide bonds. The molecular formula is C23H23N3O2. The number of likely N-dealkylation sites (N-methyl/N-ethyl adjacent to an activating group) is 1. The summed E-state index contributed by atoms with van der Waals surface area (Å²) in [6, 6.07) is 14.3. The van der Waals surface area contributed by atoms with E-state index in [2.05, 4.69) is 39.8 Å². The van der Waals surface area contributed by atoms with Crippen LogP contribution in [0.15, 0.2) is 47.5 Å². The normalized spacial score (nSPS) is 16.4. The molecule has 1 saturated carbocycles. The van der Waals surface area contributed by atoms with Crippen molar-refractivity contribution in [2.75, 3.05) is 25.1 Å². The number of nitrogens with zero attached hydrogens (tertiary/aromatic N) is 3. The predicted octanol–water partition coefficient (Wildman–Crippen LogP) is 4.44. The first kappa shape index (κ1) is 17.0. The molecule has 1 fully saturated rings. The third-order valence-electron chi connectivity index (χ3n) is 5.60. The molecule has 5 heteroatoms. The molecule has 0 radical (unpaired) electrons. The monoisotopic (exact) mass is 373 g/mol. The average molecular weight is 373 g/mol.